The first-order valence-corrected chi connectivity index (χ1v) is 5.82. The number of hydrogen-bond acceptors (Lipinski definition) is 3. The van der Waals surface area contributed by atoms with Gasteiger partial charge < -0.3 is 15.4 Å². The molecule has 0 spiro atoms. The van der Waals surface area contributed by atoms with Crippen molar-refractivity contribution in [1.82, 2.24) is 5.32 Å². The molecular weight excluding hydrogens is 232 g/mol. The van der Waals surface area contributed by atoms with Gasteiger partial charge in [-0.1, -0.05) is 13.0 Å². The van der Waals surface area contributed by atoms with Crippen LogP contribution in [0.15, 0.2) is 24.3 Å². The molecule has 0 unspecified atom stereocenters. The number of hydrogen-bond donors (Lipinski definition) is 2. The third-order valence-electron chi connectivity index (χ3n) is 2.52. The smallest absolute Gasteiger partial charge is 0.313 e. The quantitative estimate of drug-likeness (QED) is 0.797. The van der Waals surface area contributed by atoms with Gasteiger partial charge in [-0.15, -0.1) is 0 Å². The van der Waals surface area contributed by atoms with E-state index in [1.807, 2.05) is 13.8 Å². The fourth-order valence-corrected chi connectivity index (χ4v) is 1.28. The number of rotatable bonds is 4. The second kappa shape index (κ2) is 6.64. The first-order chi connectivity index (χ1) is 8.56. The Balaban J connectivity index is 2.60. The van der Waals surface area contributed by atoms with Crippen LogP contribution in [0.2, 0.25) is 0 Å². The summed E-state index contributed by atoms with van der Waals surface area (Å²) in [6.07, 6.45) is 0.776. The van der Waals surface area contributed by atoms with Gasteiger partial charge in [0.1, 0.15) is 5.75 Å². The Hall–Kier alpha value is -2.04. The Bertz CT molecular complexity index is 432. The molecule has 98 valence electrons. The third kappa shape index (κ3) is 4.08. The van der Waals surface area contributed by atoms with Crippen molar-refractivity contribution in [2.45, 2.75) is 26.3 Å². The summed E-state index contributed by atoms with van der Waals surface area (Å²) in [4.78, 5) is 23.1. The molecule has 0 fully saturated rings. The molecule has 0 aliphatic carbocycles. The van der Waals surface area contributed by atoms with Gasteiger partial charge in [0, 0.05) is 17.8 Å². The lowest BCUT2D eigenvalue weighted by atomic mass is 10.2. The van der Waals surface area contributed by atoms with E-state index >= 15 is 0 Å². The number of anilines is 1. The SMILES string of the molecule is CC[C@@H](C)NC(=O)C(=O)Nc1cccc(OC)c1. The van der Waals surface area contributed by atoms with Crippen molar-refractivity contribution in [2.75, 3.05) is 12.4 Å². The van der Waals surface area contributed by atoms with Crippen LogP contribution in [0.1, 0.15) is 20.3 Å². The molecule has 1 aromatic carbocycles. The van der Waals surface area contributed by atoms with Gasteiger partial charge in [-0.25, -0.2) is 0 Å². The summed E-state index contributed by atoms with van der Waals surface area (Å²) in [6, 6.07) is 6.81. The number of carbonyl (C=O) groups is 2. The Morgan fingerprint density at radius 3 is 2.67 bits per heavy atom. The Morgan fingerprint density at radius 2 is 2.06 bits per heavy atom. The van der Waals surface area contributed by atoms with Crippen molar-refractivity contribution in [3.63, 3.8) is 0 Å². The summed E-state index contributed by atoms with van der Waals surface area (Å²) in [7, 11) is 1.54. The maximum Gasteiger partial charge on any atom is 0.313 e. The van der Waals surface area contributed by atoms with E-state index in [9.17, 15) is 9.59 Å². The largest absolute Gasteiger partial charge is 0.497 e. The summed E-state index contributed by atoms with van der Waals surface area (Å²) in [6.45, 7) is 3.78. The summed E-state index contributed by atoms with van der Waals surface area (Å²) in [5, 5.41) is 5.11. The minimum Gasteiger partial charge on any atom is -0.497 e. The molecule has 5 nitrogen and oxygen atoms in total. The normalized spacial score (nSPS) is 11.5. The second-order valence-electron chi connectivity index (χ2n) is 3.97. The first kappa shape index (κ1) is 14.0. The van der Waals surface area contributed by atoms with Crippen LogP contribution in [0.4, 0.5) is 5.69 Å². The topological polar surface area (TPSA) is 67.4 Å². The van der Waals surface area contributed by atoms with Crippen LogP contribution < -0.4 is 15.4 Å². The van der Waals surface area contributed by atoms with Gasteiger partial charge in [0.15, 0.2) is 0 Å². The molecule has 0 aromatic heterocycles. The molecule has 1 rings (SSSR count). The van der Waals surface area contributed by atoms with Crippen LogP contribution in [-0.2, 0) is 9.59 Å². The standard InChI is InChI=1S/C13H18N2O3/c1-4-9(2)14-12(16)13(17)15-10-6-5-7-11(8-10)18-3/h5-9H,4H2,1-3H3,(H,14,16)(H,15,17)/t9-/m1/s1. The summed E-state index contributed by atoms with van der Waals surface area (Å²) in [5.41, 5.74) is 0.527. The Labute approximate surface area is 107 Å². The second-order valence-corrected chi connectivity index (χ2v) is 3.97. The highest BCUT2D eigenvalue weighted by Gasteiger charge is 2.15. The molecule has 0 radical (unpaired) electrons. The lowest BCUT2D eigenvalue weighted by molar-refractivity contribution is -0.136. The van der Waals surface area contributed by atoms with E-state index in [1.54, 1.807) is 24.3 Å². The molecule has 5 heteroatoms. The lowest BCUT2D eigenvalue weighted by Gasteiger charge is -2.11. The molecule has 0 aliphatic rings. The monoisotopic (exact) mass is 250 g/mol. The van der Waals surface area contributed by atoms with E-state index in [4.69, 9.17) is 4.74 Å². The Kier molecular flexibility index (Phi) is 5.17. The minimum absolute atomic E-state index is 0.0199. The van der Waals surface area contributed by atoms with Gasteiger partial charge in [-0.3, -0.25) is 9.59 Å². The highest BCUT2D eigenvalue weighted by atomic mass is 16.5. The fraction of sp³-hybridized carbons (Fsp3) is 0.385. The number of carbonyl (C=O) groups excluding carboxylic acids is 2. The van der Waals surface area contributed by atoms with Crippen molar-refractivity contribution < 1.29 is 14.3 Å². The molecule has 0 aliphatic heterocycles. The molecule has 1 aromatic rings. The molecule has 0 bridgehead atoms. The maximum absolute atomic E-state index is 11.6. The van der Waals surface area contributed by atoms with Crippen molar-refractivity contribution in [1.29, 1.82) is 0 Å². The number of nitrogens with one attached hydrogen (secondary N) is 2. The lowest BCUT2D eigenvalue weighted by Crippen LogP contribution is -2.40. The van der Waals surface area contributed by atoms with E-state index in [0.717, 1.165) is 6.42 Å². The summed E-state index contributed by atoms with van der Waals surface area (Å²) >= 11 is 0. The zero-order valence-electron chi connectivity index (χ0n) is 10.8. The van der Waals surface area contributed by atoms with Gasteiger partial charge >= 0.3 is 11.8 Å². The third-order valence-corrected chi connectivity index (χ3v) is 2.52. The first-order valence-electron chi connectivity index (χ1n) is 5.82. The van der Waals surface area contributed by atoms with E-state index in [2.05, 4.69) is 10.6 Å². The van der Waals surface area contributed by atoms with Gasteiger partial charge in [0.05, 0.1) is 7.11 Å². The van der Waals surface area contributed by atoms with Crippen LogP contribution in [0.25, 0.3) is 0 Å². The van der Waals surface area contributed by atoms with Crippen molar-refractivity contribution in [3.8, 4) is 5.75 Å². The molecule has 2 N–H and O–H groups in total. The zero-order chi connectivity index (χ0) is 13.5. The molecule has 0 saturated carbocycles. The molecule has 2 amide bonds. The molecular formula is C13H18N2O3. The number of amides is 2. The van der Waals surface area contributed by atoms with Crippen LogP contribution in [-0.4, -0.2) is 25.0 Å². The van der Waals surface area contributed by atoms with Crippen molar-refractivity contribution >= 4 is 17.5 Å². The van der Waals surface area contributed by atoms with E-state index in [1.165, 1.54) is 7.11 Å². The van der Waals surface area contributed by atoms with Crippen LogP contribution in [0.5, 0.6) is 5.75 Å². The van der Waals surface area contributed by atoms with Gasteiger partial charge in [-0.2, -0.15) is 0 Å². The molecule has 18 heavy (non-hydrogen) atoms. The average Bonchev–Trinajstić information content (AvgIpc) is 2.38. The fourth-order valence-electron chi connectivity index (χ4n) is 1.28. The van der Waals surface area contributed by atoms with Gasteiger partial charge in [0.2, 0.25) is 0 Å². The zero-order valence-corrected chi connectivity index (χ0v) is 10.8. The highest BCUT2D eigenvalue weighted by Crippen LogP contribution is 2.16. The summed E-state index contributed by atoms with van der Waals surface area (Å²) < 4.78 is 5.03. The molecule has 0 heterocycles. The maximum atomic E-state index is 11.6. The molecule has 1 atom stereocenters. The average molecular weight is 250 g/mol. The number of ether oxygens (including phenoxy) is 1. The van der Waals surface area contributed by atoms with Crippen LogP contribution >= 0.6 is 0 Å². The predicted molar refractivity (Wildman–Crippen MR) is 69.5 cm³/mol. The van der Waals surface area contributed by atoms with E-state index < -0.39 is 11.8 Å². The minimum atomic E-state index is -0.677. The number of benzene rings is 1. The predicted octanol–water partition coefficient (Wildman–Crippen LogP) is 1.55. The van der Waals surface area contributed by atoms with Crippen molar-refractivity contribution in [3.05, 3.63) is 24.3 Å². The van der Waals surface area contributed by atoms with Crippen molar-refractivity contribution in [2.24, 2.45) is 0 Å². The highest BCUT2D eigenvalue weighted by molar-refractivity contribution is 6.39. The van der Waals surface area contributed by atoms with E-state index in [-0.39, 0.29) is 6.04 Å². The Morgan fingerprint density at radius 1 is 1.33 bits per heavy atom. The summed E-state index contributed by atoms with van der Waals surface area (Å²) in [5.74, 6) is -0.689. The molecule has 0 saturated heterocycles. The van der Waals surface area contributed by atoms with Crippen LogP contribution in [0.3, 0.4) is 0 Å². The van der Waals surface area contributed by atoms with Crippen LogP contribution in [0, 0.1) is 0 Å². The van der Waals surface area contributed by atoms with Gasteiger partial charge in [-0.05, 0) is 25.5 Å². The van der Waals surface area contributed by atoms with E-state index in [0.29, 0.717) is 11.4 Å². The number of methoxy groups -OCH3 is 1. The van der Waals surface area contributed by atoms with Gasteiger partial charge in [0.25, 0.3) is 0 Å².